The second kappa shape index (κ2) is 8.15. The first-order chi connectivity index (χ1) is 16.0. The van der Waals surface area contributed by atoms with Crippen molar-refractivity contribution in [3.63, 3.8) is 0 Å². The molecule has 6 N–H and O–H groups in total. The molecule has 3 aromatic heterocycles. The third kappa shape index (κ3) is 3.67. The van der Waals surface area contributed by atoms with Crippen LogP contribution in [0.1, 0.15) is 17.4 Å². The second-order valence-electron chi connectivity index (χ2n) is 7.74. The van der Waals surface area contributed by atoms with Gasteiger partial charge in [-0.2, -0.15) is 0 Å². The molecule has 0 fully saturated rings. The summed E-state index contributed by atoms with van der Waals surface area (Å²) in [5.41, 5.74) is 18.0. The standard InChI is InChI=1S/C23H23N9O/c1-14(29-21-19(20(25)27-13-28-21)15-9-10-18(24)26-12-15)22-30-31-11-5-8-17(31)23(33)32(22)16-6-3-2-4-7-16/h2-14,22,30H,1H3,(H2,24,26)(H3,25,27,28,29)/t14-,22?/m0/s1. The summed E-state index contributed by atoms with van der Waals surface area (Å²) >= 11 is 0. The van der Waals surface area contributed by atoms with Crippen molar-refractivity contribution < 1.29 is 4.79 Å². The lowest BCUT2D eigenvalue weighted by Crippen LogP contribution is -2.59. The number of para-hydroxylation sites is 1. The fraction of sp³-hybridized carbons (Fsp3) is 0.130. The average Bonchev–Trinajstić information content (AvgIpc) is 3.30. The molecule has 4 aromatic rings. The minimum Gasteiger partial charge on any atom is -0.384 e. The van der Waals surface area contributed by atoms with Gasteiger partial charge in [-0.15, -0.1) is 0 Å². The fourth-order valence-electron chi connectivity index (χ4n) is 3.96. The van der Waals surface area contributed by atoms with E-state index in [-0.39, 0.29) is 11.9 Å². The fourth-order valence-corrected chi connectivity index (χ4v) is 3.96. The van der Waals surface area contributed by atoms with Gasteiger partial charge >= 0.3 is 0 Å². The highest BCUT2D eigenvalue weighted by Crippen LogP contribution is 2.32. The summed E-state index contributed by atoms with van der Waals surface area (Å²) in [5, 5.41) is 3.42. The lowest BCUT2D eigenvalue weighted by Gasteiger charge is -2.41. The monoisotopic (exact) mass is 441 g/mol. The lowest BCUT2D eigenvalue weighted by atomic mass is 10.1. The Balaban J connectivity index is 1.52. The SMILES string of the molecule is C[C@H](Nc1ncnc(N)c1-c1ccc(N)nc1)C1Nn2cccc2C(=O)N1c1ccccc1. The largest absolute Gasteiger partial charge is 0.384 e. The molecule has 0 radical (unpaired) electrons. The van der Waals surface area contributed by atoms with E-state index in [4.69, 9.17) is 11.5 Å². The van der Waals surface area contributed by atoms with Gasteiger partial charge in [0.15, 0.2) is 0 Å². The van der Waals surface area contributed by atoms with Crippen LogP contribution in [0.4, 0.5) is 23.1 Å². The highest BCUT2D eigenvalue weighted by atomic mass is 16.2. The van der Waals surface area contributed by atoms with E-state index >= 15 is 0 Å². The zero-order chi connectivity index (χ0) is 22.9. The van der Waals surface area contributed by atoms with Crippen molar-refractivity contribution >= 4 is 29.0 Å². The summed E-state index contributed by atoms with van der Waals surface area (Å²) in [4.78, 5) is 27.9. The van der Waals surface area contributed by atoms with Gasteiger partial charge in [0.05, 0.1) is 11.6 Å². The Bertz CT molecular complexity index is 1290. The molecule has 4 heterocycles. The summed E-state index contributed by atoms with van der Waals surface area (Å²) < 4.78 is 1.74. The van der Waals surface area contributed by atoms with Crippen LogP contribution in [0.2, 0.25) is 0 Å². The van der Waals surface area contributed by atoms with Crippen molar-refractivity contribution in [2.75, 3.05) is 27.1 Å². The van der Waals surface area contributed by atoms with Gasteiger partial charge in [0, 0.05) is 23.6 Å². The Kier molecular flexibility index (Phi) is 5.02. The van der Waals surface area contributed by atoms with E-state index in [1.807, 2.05) is 55.6 Å². The van der Waals surface area contributed by atoms with E-state index in [0.717, 1.165) is 11.3 Å². The number of rotatable bonds is 5. The molecule has 1 aliphatic rings. The first-order valence-corrected chi connectivity index (χ1v) is 10.4. The van der Waals surface area contributed by atoms with E-state index in [1.165, 1.54) is 6.33 Å². The number of nitrogens with one attached hydrogen (secondary N) is 2. The molecule has 1 amide bonds. The van der Waals surface area contributed by atoms with E-state index in [1.54, 1.807) is 27.9 Å². The van der Waals surface area contributed by atoms with Gasteiger partial charge in [-0.3, -0.25) is 14.4 Å². The Morgan fingerprint density at radius 2 is 1.85 bits per heavy atom. The van der Waals surface area contributed by atoms with Gasteiger partial charge in [-0.25, -0.2) is 15.0 Å². The van der Waals surface area contributed by atoms with Crippen molar-refractivity contribution in [3.8, 4) is 11.1 Å². The van der Waals surface area contributed by atoms with Gasteiger partial charge in [0.1, 0.15) is 35.6 Å². The quantitative estimate of drug-likeness (QED) is 0.370. The van der Waals surface area contributed by atoms with Crippen molar-refractivity contribution in [2.45, 2.75) is 19.1 Å². The van der Waals surface area contributed by atoms with Crippen LogP contribution in [0.25, 0.3) is 11.1 Å². The molecular formula is C23H23N9O. The molecule has 0 saturated heterocycles. The van der Waals surface area contributed by atoms with Gasteiger partial charge in [0.25, 0.3) is 5.91 Å². The summed E-state index contributed by atoms with van der Waals surface area (Å²) in [6.45, 7) is 1.97. The number of fused-ring (bicyclic) bond motifs is 1. The summed E-state index contributed by atoms with van der Waals surface area (Å²) in [5.74, 6) is 1.14. The number of carbonyl (C=O) groups is 1. The second-order valence-corrected chi connectivity index (χ2v) is 7.74. The number of hydrogen-bond donors (Lipinski definition) is 4. The Labute approximate surface area is 190 Å². The Hall–Kier alpha value is -4.60. The van der Waals surface area contributed by atoms with Gasteiger partial charge in [-0.1, -0.05) is 18.2 Å². The van der Waals surface area contributed by atoms with Gasteiger partial charge in [0.2, 0.25) is 0 Å². The van der Waals surface area contributed by atoms with Gasteiger partial charge < -0.3 is 22.2 Å². The molecule has 5 rings (SSSR count). The number of nitrogen functional groups attached to an aromatic ring is 2. The molecule has 0 saturated carbocycles. The summed E-state index contributed by atoms with van der Waals surface area (Å²) in [7, 11) is 0. The number of amides is 1. The molecule has 1 aliphatic heterocycles. The van der Waals surface area contributed by atoms with Crippen LogP contribution in [-0.4, -0.2) is 37.7 Å². The third-order valence-electron chi connectivity index (χ3n) is 5.56. The summed E-state index contributed by atoms with van der Waals surface area (Å²) in [6.07, 6.45) is 4.43. The van der Waals surface area contributed by atoms with E-state index < -0.39 is 6.17 Å². The van der Waals surface area contributed by atoms with Crippen LogP contribution >= 0.6 is 0 Å². The number of hydrogen-bond acceptors (Lipinski definition) is 8. The van der Waals surface area contributed by atoms with E-state index in [0.29, 0.717) is 28.7 Å². The molecule has 1 unspecified atom stereocenters. The van der Waals surface area contributed by atoms with Crippen molar-refractivity contribution in [3.05, 3.63) is 79.0 Å². The van der Waals surface area contributed by atoms with Gasteiger partial charge in [-0.05, 0) is 43.3 Å². The normalized spacial score (nSPS) is 16.1. The number of pyridine rings is 1. The van der Waals surface area contributed by atoms with Crippen molar-refractivity contribution in [1.82, 2.24) is 19.6 Å². The van der Waals surface area contributed by atoms with Crippen LogP contribution in [0, 0.1) is 0 Å². The average molecular weight is 441 g/mol. The topological polar surface area (TPSA) is 140 Å². The lowest BCUT2D eigenvalue weighted by molar-refractivity contribution is 0.0955. The molecule has 0 bridgehead atoms. The van der Waals surface area contributed by atoms with E-state index in [9.17, 15) is 4.79 Å². The zero-order valence-corrected chi connectivity index (χ0v) is 17.9. The molecule has 33 heavy (non-hydrogen) atoms. The minimum absolute atomic E-state index is 0.103. The molecule has 10 heteroatoms. The number of aromatic nitrogens is 4. The van der Waals surface area contributed by atoms with Crippen molar-refractivity contribution in [1.29, 1.82) is 0 Å². The molecule has 10 nitrogen and oxygen atoms in total. The third-order valence-corrected chi connectivity index (χ3v) is 5.56. The predicted octanol–water partition coefficient (Wildman–Crippen LogP) is 2.54. The molecule has 0 aliphatic carbocycles. The number of nitrogens with zero attached hydrogens (tertiary/aromatic N) is 5. The molecular weight excluding hydrogens is 418 g/mol. The van der Waals surface area contributed by atoms with Crippen LogP contribution < -0.4 is 27.1 Å². The number of anilines is 4. The number of benzene rings is 1. The van der Waals surface area contributed by atoms with Crippen LogP contribution in [0.3, 0.4) is 0 Å². The molecule has 166 valence electrons. The minimum atomic E-state index is -0.423. The Morgan fingerprint density at radius 3 is 2.61 bits per heavy atom. The summed E-state index contributed by atoms with van der Waals surface area (Å²) in [6, 6.07) is 16.4. The number of carbonyl (C=O) groups excluding carboxylic acids is 1. The Morgan fingerprint density at radius 1 is 1.03 bits per heavy atom. The van der Waals surface area contributed by atoms with Crippen LogP contribution in [-0.2, 0) is 0 Å². The maximum atomic E-state index is 13.4. The van der Waals surface area contributed by atoms with Crippen molar-refractivity contribution in [2.24, 2.45) is 0 Å². The smallest absolute Gasteiger partial charge is 0.278 e. The predicted molar refractivity (Wildman–Crippen MR) is 128 cm³/mol. The number of nitrogens with two attached hydrogens (primary N) is 2. The first-order valence-electron chi connectivity index (χ1n) is 10.4. The van der Waals surface area contributed by atoms with E-state index in [2.05, 4.69) is 25.7 Å². The van der Waals surface area contributed by atoms with Crippen LogP contribution in [0.15, 0.2) is 73.3 Å². The maximum absolute atomic E-state index is 13.4. The highest BCUT2D eigenvalue weighted by molar-refractivity contribution is 6.06. The van der Waals surface area contributed by atoms with Crippen LogP contribution in [0.5, 0.6) is 0 Å². The first kappa shape index (κ1) is 20.3. The highest BCUT2D eigenvalue weighted by Gasteiger charge is 2.36. The molecule has 1 aromatic carbocycles. The maximum Gasteiger partial charge on any atom is 0.278 e. The molecule has 2 atom stereocenters. The molecule has 0 spiro atoms. The zero-order valence-electron chi connectivity index (χ0n) is 17.9.